The second kappa shape index (κ2) is 6.57. The number of nitrogens with zero attached hydrogens (tertiary/aromatic N) is 1. The van der Waals surface area contributed by atoms with E-state index in [0.29, 0.717) is 24.5 Å². The van der Waals surface area contributed by atoms with Gasteiger partial charge >= 0.3 is 0 Å². The van der Waals surface area contributed by atoms with Crippen molar-refractivity contribution in [1.29, 1.82) is 5.26 Å². The van der Waals surface area contributed by atoms with Gasteiger partial charge in [-0.25, -0.2) is 0 Å². The molecule has 0 aromatic rings. The van der Waals surface area contributed by atoms with Crippen LogP contribution in [-0.2, 0) is 15.6 Å². The summed E-state index contributed by atoms with van der Waals surface area (Å²) in [6.07, 6.45) is 0.478. The van der Waals surface area contributed by atoms with Crippen molar-refractivity contribution in [3.63, 3.8) is 0 Å². The minimum Gasteiger partial charge on any atom is -0.354 e. The molecule has 0 rings (SSSR count). The van der Waals surface area contributed by atoms with Crippen LogP contribution in [0.15, 0.2) is 0 Å². The number of amides is 1. The van der Waals surface area contributed by atoms with E-state index in [1.165, 1.54) is 0 Å². The molecule has 0 aliphatic carbocycles. The van der Waals surface area contributed by atoms with Crippen LogP contribution in [0.2, 0.25) is 0 Å². The third-order valence-electron chi connectivity index (χ3n) is 2.39. The van der Waals surface area contributed by atoms with E-state index >= 15 is 0 Å². The predicted molar refractivity (Wildman–Crippen MR) is 60.6 cm³/mol. The zero-order valence-electron chi connectivity index (χ0n) is 9.50. The second-order valence-corrected chi connectivity index (χ2v) is 5.35. The fourth-order valence-electron chi connectivity index (χ4n) is 0.908. The maximum absolute atomic E-state index is 11.6. The molecule has 2 atom stereocenters. The molecular weight excluding hydrogens is 212 g/mol. The highest BCUT2D eigenvalue weighted by Gasteiger charge is 2.30. The Labute approximate surface area is 93.5 Å². The van der Waals surface area contributed by atoms with Gasteiger partial charge in [-0.3, -0.25) is 9.00 Å². The molecule has 0 bridgehead atoms. The van der Waals surface area contributed by atoms with Crippen molar-refractivity contribution < 1.29 is 9.00 Å². The Balaban J connectivity index is 4.05. The van der Waals surface area contributed by atoms with Crippen LogP contribution in [0.1, 0.15) is 27.2 Å². The van der Waals surface area contributed by atoms with Crippen LogP contribution in [0.5, 0.6) is 0 Å². The highest BCUT2D eigenvalue weighted by Crippen LogP contribution is 2.19. The molecule has 86 valence electrons. The Bertz CT molecular complexity index is 286. The standard InChI is InChI=1S/C10H18N2O2S/c1-4-10(3,8-11)9(13)12-6-7-15(14)5-2/h4-7H2,1-3H3,(H,12,13). The lowest BCUT2D eigenvalue weighted by Gasteiger charge is -2.18. The summed E-state index contributed by atoms with van der Waals surface area (Å²) in [7, 11) is -0.872. The van der Waals surface area contributed by atoms with E-state index in [4.69, 9.17) is 5.26 Å². The Morgan fingerprint density at radius 2 is 2.13 bits per heavy atom. The van der Waals surface area contributed by atoms with E-state index in [0.717, 1.165) is 0 Å². The number of rotatable bonds is 6. The van der Waals surface area contributed by atoms with Crippen LogP contribution in [0.4, 0.5) is 0 Å². The molecule has 0 saturated heterocycles. The van der Waals surface area contributed by atoms with Crippen LogP contribution >= 0.6 is 0 Å². The van der Waals surface area contributed by atoms with Crippen LogP contribution in [0, 0.1) is 16.7 Å². The summed E-state index contributed by atoms with van der Waals surface area (Å²) in [6, 6.07) is 1.99. The van der Waals surface area contributed by atoms with Crippen molar-refractivity contribution in [2.45, 2.75) is 27.2 Å². The van der Waals surface area contributed by atoms with E-state index in [-0.39, 0.29) is 5.91 Å². The number of hydrogen-bond acceptors (Lipinski definition) is 3. The van der Waals surface area contributed by atoms with Gasteiger partial charge in [-0.15, -0.1) is 0 Å². The Hall–Kier alpha value is -0.890. The Morgan fingerprint density at radius 3 is 2.53 bits per heavy atom. The van der Waals surface area contributed by atoms with Gasteiger partial charge in [0.1, 0.15) is 5.41 Å². The smallest absolute Gasteiger partial charge is 0.240 e. The molecule has 0 radical (unpaired) electrons. The molecule has 2 unspecified atom stereocenters. The van der Waals surface area contributed by atoms with Gasteiger partial charge in [-0.2, -0.15) is 5.26 Å². The Morgan fingerprint density at radius 1 is 1.53 bits per heavy atom. The van der Waals surface area contributed by atoms with Gasteiger partial charge in [0, 0.05) is 28.9 Å². The van der Waals surface area contributed by atoms with E-state index in [2.05, 4.69) is 5.32 Å². The molecule has 0 fully saturated rings. The highest BCUT2D eigenvalue weighted by atomic mass is 32.2. The first-order chi connectivity index (χ1) is 7.00. The van der Waals surface area contributed by atoms with Crippen molar-refractivity contribution in [3.8, 4) is 6.07 Å². The highest BCUT2D eigenvalue weighted by molar-refractivity contribution is 7.84. The lowest BCUT2D eigenvalue weighted by atomic mass is 9.88. The fraction of sp³-hybridized carbons (Fsp3) is 0.800. The number of nitriles is 1. The molecule has 0 heterocycles. The van der Waals surface area contributed by atoms with Crippen molar-refractivity contribution in [1.82, 2.24) is 5.32 Å². The van der Waals surface area contributed by atoms with Gasteiger partial charge in [0.15, 0.2) is 0 Å². The molecule has 0 aliphatic rings. The van der Waals surface area contributed by atoms with Gasteiger partial charge in [0.2, 0.25) is 5.91 Å². The Kier molecular flexibility index (Phi) is 6.18. The third-order valence-corrected chi connectivity index (χ3v) is 3.70. The lowest BCUT2D eigenvalue weighted by molar-refractivity contribution is -0.127. The van der Waals surface area contributed by atoms with Crippen molar-refractivity contribution in [3.05, 3.63) is 0 Å². The van der Waals surface area contributed by atoms with E-state index < -0.39 is 16.2 Å². The average molecular weight is 230 g/mol. The average Bonchev–Trinajstić information content (AvgIpc) is 2.27. The molecule has 0 spiro atoms. The van der Waals surface area contributed by atoms with Crippen molar-refractivity contribution >= 4 is 16.7 Å². The van der Waals surface area contributed by atoms with Gasteiger partial charge in [0.25, 0.3) is 0 Å². The van der Waals surface area contributed by atoms with Gasteiger partial charge in [0.05, 0.1) is 6.07 Å². The summed E-state index contributed by atoms with van der Waals surface area (Å²) in [5, 5.41) is 11.5. The van der Waals surface area contributed by atoms with E-state index in [9.17, 15) is 9.00 Å². The normalized spacial score (nSPS) is 16.1. The first-order valence-corrected chi connectivity index (χ1v) is 6.53. The van der Waals surface area contributed by atoms with E-state index in [1.54, 1.807) is 13.8 Å². The number of carbonyl (C=O) groups excluding carboxylic acids is 1. The maximum atomic E-state index is 11.6. The SMILES string of the molecule is CCS(=O)CCNC(=O)C(C)(C#N)CC. The number of nitrogens with one attached hydrogen (secondary N) is 1. The topological polar surface area (TPSA) is 70.0 Å². The molecule has 0 aromatic heterocycles. The predicted octanol–water partition coefficient (Wildman–Crippen LogP) is 0.811. The molecule has 15 heavy (non-hydrogen) atoms. The largest absolute Gasteiger partial charge is 0.354 e. The number of carbonyl (C=O) groups is 1. The van der Waals surface area contributed by atoms with Crippen LogP contribution in [0.3, 0.4) is 0 Å². The summed E-state index contributed by atoms with van der Waals surface area (Å²) < 4.78 is 11.1. The molecule has 0 aromatic carbocycles. The summed E-state index contributed by atoms with van der Waals surface area (Å²) in [6.45, 7) is 5.62. The minimum absolute atomic E-state index is 0.277. The van der Waals surface area contributed by atoms with Gasteiger partial charge in [-0.1, -0.05) is 13.8 Å². The molecule has 1 N–H and O–H groups in total. The monoisotopic (exact) mass is 230 g/mol. The summed E-state index contributed by atoms with van der Waals surface area (Å²) >= 11 is 0. The summed E-state index contributed by atoms with van der Waals surface area (Å²) in [4.78, 5) is 11.6. The summed E-state index contributed by atoms with van der Waals surface area (Å²) in [5.41, 5.74) is -0.965. The molecule has 4 nitrogen and oxygen atoms in total. The van der Waals surface area contributed by atoms with Crippen LogP contribution in [-0.4, -0.2) is 28.2 Å². The van der Waals surface area contributed by atoms with Crippen molar-refractivity contribution in [2.75, 3.05) is 18.1 Å². The van der Waals surface area contributed by atoms with Gasteiger partial charge in [-0.05, 0) is 13.3 Å². The van der Waals surface area contributed by atoms with Crippen LogP contribution in [0.25, 0.3) is 0 Å². The quantitative estimate of drug-likeness (QED) is 0.734. The third kappa shape index (κ3) is 4.43. The molecule has 5 heteroatoms. The lowest BCUT2D eigenvalue weighted by Crippen LogP contribution is -2.39. The first-order valence-electron chi connectivity index (χ1n) is 5.04. The molecule has 0 saturated carbocycles. The van der Waals surface area contributed by atoms with Crippen LogP contribution < -0.4 is 5.32 Å². The zero-order chi connectivity index (χ0) is 11.9. The molecule has 1 amide bonds. The first kappa shape index (κ1) is 14.1. The maximum Gasteiger partial charge on any atom is 0.240 e. The number of hydrogen-bond donors (Lipinski definition) is 1. The van der Waals surface area contributed by atoms with E-state index in [1.807, 2.05) is 13.0 Å². The second-order valence-electron chi connectivity index (χ2n) is 3.49. The minimum atomic E-state index is -0.965. The van der Waals surface area contributed by atoms with Crippen molar-refractivity contribution in [2.24, 2.45) is 5.41 Å². The fourth-order valence-corrected chi connectivity index (χ4v) is 1.53. The summed E-state index contributed by atoms with van der Waals surface area (Å²) in [5.74, 6) is 0.771. The molecule has 0 aliphatic heterocycles. The van der Waals surface area contributed by atoms with Gasteiger partial charge < -0.3 is 5.32 Å². The zero-order valence-corrected chi connectivity index (χ0v) is 10.3. The molecular formula is C10H18N2O2S.